The summed E-state index contributed by atoms with van der Waals surface area (Å²) in [6.45, 7) is 10.0. The molecule has 3 nitrogen and oxygen atoms in total. The molecule has 0 unspecified atom stereocenters. The first-order valence-corrected chi connectivity index (χ1v) is 19.3. The van der Waals surface area contributed by atoms with Gasteiger partial charge in [-0.15, -0.1) is 11.3 Å². The fraction of sp³-hybridized carbons (Fsp3) is 0.0800. The second-order valence-electron chi connectivity index (χ2n) is 14.7. The summed E-state index contributed by atoms with van der Waals surface area (Å²) in [5, 5.41) is 1.03. The van der Waals surface area contributed by atoms with Crippen LogP contribution < -0.4 is 4.90 Å². The molecule has 54 heavy (non-hydrogen) atoms. The van der Waals surface area contributed by atoms with Gasteiger partial charge in [0.25, 0.3) is 0 Å². The molecule has 10 rings (SSSR count). The molecule has 2 aromatic heterocycles. The number of para-hydroxylation sites is 1. The van der Waals surface area contributed by atoms with Gasteiger partial charge in [0.2, 0.25) is 5.95 Å². The van der Waals surface area contributed by atoms with Crippen LogP contribution in [0.2, 0.25) is 0 Å². The molecule has 0 spiro atoms. The minimum absolute atomic E-state index is 0.0928. The zero-order chi connectivity index (χ0) is 36.4. The third kappa shape index (κ3) is 5.25. The lowest BCUT2D eigenvalue weighted by molar-refractivity contribution is 0.674. The van der Waals surface area contributed by atoms with Crippen molar-refractivity contribution in [1.29, 1.82) is 0 Å². The maximum absolute atomic E-state index is 5.42. The summed E-state index contributed by atoms with van der Waals surface area (Å²) in [5.41, 5.74) is 15.8. The summed E-state index contributed by atoms with van der Waals surface area (Å²) < 4.78 is 0. The summed E-state index contributed by atoms with van der Waals surface area (Å²) in [7, 11) is 0. The molecule has 0 atom stereocenters. The van der Waals surface area contributed by atoms with Crippen LogP contribution in [0.15, 0.2) is 164 Å². The molecule has 2 aliphatic rings. The van der Waals surface area contributed by atoms with Crippen LogP contribution in [0.4, 0.5) is 11.6 Å². The Morgan fingerprint density at radius 1 is 0.611 bits per heavy atom. The number of nitrogens with zero attached hydrogens (tertiary/aromatic N) is 3. The Kier molecular flexibility index (Phi) is 7.57. The van der Waals surface area contributed by atoms with Crippen LogP contribution in [0.5, 0.6) is 0 Å². The molecule has 0 N–H and O–H groups in total. The SMILES string of the molecule is C=C1/C=C\c2c(sc3c2-c2ccccc2C3(C)C)CN(c2nc(-c3ccccc3)c3ccccc3n2)c2ccc(-c3cccc(-c4ccccc4)c3)cc21. The van der Waals surface area contributed by atoms with Crippen molar-refractivity contribution < 1.29 is 0 Å². The van der Waals surface area contributed by atoms with Gasteiger partial charge in [0.05, 0.1) is 23.4 Å². The number of benzene rings is 6. The van der Waals surface area contributed by atoms with Gasteiger partial charge in [0.1, 0.15) is 0 Å². The van der Waals surface area contributed by atoms with E-state index in [9.17, 15) is 0 Å². The van der Waals surface area contributed by atoms with Gasteiger partial charge in [0.15, 0.2) is 0 Å². The lowest BCUT2D eigenvalue weighted by atomic mass is 9.87. The Bertz CT molecular complexity index is 2790. The average Bonchev–Trinajstić information content (AvgIpc) is 3.71. The van der Waals surface area contributed by atoms with E-state index in [1.807, 2.05) is 11.3 Å². The maximum atomic E-state index is 5.42. The standard InChI is InChI=1S/C50H37N3S/c1-32-25-27-40-45(54-48-46(40)38-21-10-12-23-42(38)50(48,2)3)31-53(49-51-43-24-13-11-22-39(43)47(52-49)34-17-8-5-9-18-34)44-28-26-37(30-41(32)44)36-20-14-19-35(29-36)33-15-6-4-7-16-33/h4-30H,1,31H2,2-3H3/b27-25-. The zero-order valence-electron chi connectivity index (χ0n) is 30.3. The molecule has 1 aliphatic heterocycles. The van der Waals surface area contributed by atoms with Crippen molar-refractivity contribution in [2.45, 2.75) is 25.8 Å². The van der Waals surface area contributed by atoms with Gasteiger partial charge in [-0.1, -0.05) is 160 Å². The molecular weight excluding hydrogens is 675 g/mol. The lowest BCUT2D eigenvalue weighted by Crippen LogP contribution is -2.20. The highest BCUT2D eigenvalue weighted by atomic mass is 32.1. The first-order valence-electron chi connectivity index (χ1n) is 18.5. The highest BCUT2D eigenvalue weighted by Gasteiger charge is 2.40. The number of hydrogen-bond donors (Lipinski definition) is 0. The number of aromatic nitrogens is 2. The molecule has 1 aliphatic carbocycles. The molecule has 0 bridgehead atoms. The van der Waals surface area contributed by atoms with Crippen molar-refractivity contribution in [3.8, 4) is 44.6 Å². The highest BCUT2D eigenvalue weighted by molar-refractivity contribution is 7.13. The molecule has 0 saturated heterocycles. The fourth-order valence-corrected chi connectivity index (χ4v) is 9.67. The van der Waals surface area contributed by atoms with Crippen molar-refractivity contribution in [3.63, 3.8) is 0 Å². The number of anilines is 2. The van der Waals surface area contributed by atoms with Gasteiger partial charge in [-0.25, -0.2) is 9.97 Å². The minimum atomic E-state index is -0.0928. The lowest BCUT2D eigenvalue weighted by Gasteiger charge is -2.27. The summed E-state index contributed by atoms with van der Waals surface area (Å²) in [6.07, 6.45) is 4.51. The van der Waals surface area contributed by atoms with Crippen molar-refractivity contribution in [1.82, 2.24) is 9.97 Å². The average molecular weight is 712 g/mol. The normalized spacial score (nSPS) is 14.7. The predicted octanol–water partition coefficient (Wildman–Crippen LogP) is 13.4. The topological polar surface area (TPSA) is 29.0 Å². The highest BCUT2D eigenvalue weighted by Crippen LogP contribution is 2.55. The Morgan fingerprint density at radius 2 is 1.28 bits per heavy atom. The Morgan fingerprint density at radius 3 is 2.09 bits per heavy atom. The van der Waals surface area contributed by atoms with Gasteiger partial charge in [-0.3, -0.25) is 0 Å². The third-order valence-electron chi connectivity index (χ3n) is 11.0. The predicted molar refractivity (Wildman–Crippen MR) is 228 cm³/mol. The molecule has 0 radical (unpaired) electrons. The minimum Gasteiger partial charge on any atom is -0.305 e. The van der Waals surface area contributed by atoms with Crippen LogP contribution in [0.3, 0.4) is 0 Å². The van der Waals surface area contributed by atoms with Gasteiger partial charge >= 0.3 is 0 Å². The van der Waals surface area contributed by atoms with E-state index in [0.717, 1.165) is 50.1 Å². The maximum Gasteiger partial charge on any atom is 0.231 e. The molecule has 258 valence electrons. The largest absolute Gasteiger partial charge is 0.305 e. The fourth-order valence-electron chi connectivity index (χ4n) is 8.26. The van der Waals surface area contributed by atoms with Crippen LogP contribution in [0, 0.1) is 0 Å². The third-order valence-corrected chi connectivity index (χ3v) is 12.5. The van der Waals surface area contributed by atoms with Gasteiger partial charge < -0.3 is 4.90 Å². The number of fused-ring (bicyclic) bond motifs is 7. The zero-order valence-corrected chi connectivity index (χ0v) is 31.1. The molecular formula is C50H37N3S. The molecule has 8 aromatic rings. The second kappa shape index (κ2) is 12.6. The van der Waals surface area contributed by atoms with Crippen molar-refractivity contribution in [3.05, 3.63) is 191 Å². The Hall–Kier alpha value is -6.36. The second-order valence-corrected chi connectivity index (χ2v) is 15.8. The number of rotatable bonds is 4. The van der Waals surface area contributed by atoms with Crippen molar-refractivity contribution >= 4 is 45.5 Å². The van der Waals surface area contributed by atoms with Gasteiger partial charge in [0, 0.05) is 37.2 Å². The quantitative estimate of drug-likeness (QED) is 0.182. The molecule has 0 fully saturated rings. The first-order chi connectivity index (χ1) is 26.4. The van der Waals surface area contributed by atoms with Crippen LogP contribution in [0.25, 0.3) is 67.2 Å². The van der Waals surface area contributed by atoms with Crippen LogP contribution in [-0.4, -0.2) is 9.97 Å². The smallest absolute Gasteiger partial charge is 0.231 e. The van der Waals surface area contributed by atoms with E-state index >= 15 is 0 Å². The van der Waals surface area contributed by atoms with Crippen LogP contribution in [-0.2, 0) is 12.0 Å². The molecule has 0 saturated carbocycles. The summed E-state index contributed by atoms with van der Waals surface area (Å²) in [6, 6.07) is 53.8. The van der Waals surface area contributed by atoms with E-state index in [2.05, 4.69) is 183 Å². The molecule has 0 amide bonds. The van der Waals surface area contributed by atoms with E-state index in [-0.39, 0.29) is 5.41 Å². The molecule has 3 heterocycles. The van der Waals surface area contributed by atoms with E-state index in [4.69, 9.17) is 16.5 Å². The number of allylic oxidation sites excluding steroid dienone is 2. The van der Waals surface area contributed by atoms with E-state index in [1.54, 1.807) is 0 Å². The van der Waals surface area contributed by atoms with E-state index < -0.39 is 0 Å². The molecule has 4 heteroatoms. The number of thiophene rings is 1. The number of hydrogen-bond acceptors (Lipinski definition) is 4. The van der Waals surface area contributed by atoms with Crippen molar-refractivity contribution in [2.24, 2.45) is 0 Å². The summed E-state index contributed by atoms with van der Waals surface area (Å²) in [5.74, 6) is 0.668. The van der Waals surface area contributed by atoms with Crippen LogP contribution >= 0.6 is 11.3 Å². The monoisotopic (exact) mass is 711 g/mol. The van der Waals surface area contributed by atoms with E-state index in [1.165, 1.54) is 43.1 Å². The van der Waals surface area contributed by atoms with Gasteiger partial charge in [-0.2, -0.15) is 0 Å². The summed E-state index contributed by atoms with van der Waals surface area (Å²) >= 11 is 1.92. The van der Waals surface area contributed by atoms with E-state index in [0.29, 0.717) is 12.5 Å². The first kappa shape index (κ1) is 32.3. The van der Waals surface area contributed by atoms with Gasteiger partial charge in [-0.05, 0) is 68.8 Å². The Balaban J connectivity index is 1.19. The Labute approximate surface area is 320 Å². The summed E-state index contributed by atoms with van der Waals surface area (Å²) in [4.78, 5) is 15.7. The van der Waals surface area contributed by atoms with Crippen molar-refractivity contribution in [2.75, 3.05) is 4.90 Å². The molecule has 6 aromatic carbocycles. The van der Waals surface area contributed by atoms with Crippen LogP contribution in [0.1, 0.15) is 40.3 Å².